The van der Waals surface area contributed by atoms with Gasteiger partial charge in [-0.3, -0.25) is 0 Å². The summed E-state index contributed by atoms with van der Waals surface area (Å²) in [5.74, 6) is -1.58. The number of ether oxygens (including phenoxy) is 7. The van der Waals surface area contributed by atoms with Crippen LogP contribution >= 0.6 is 0 Å². The predicted octanol–water partition coefficient (Wildman–Crippen LogP) is -6.92. The maximum atomic E-state index is 12.0. The molecule has 19 heteroatoms. The Labute approximate surface area is 244 Å². The monoisotopic (exact) mass is 632 g/mol. The molecule has 4 heterocycles. The maximum absolute atomic E-state index is 12.0. The fourth-order valence-electron chi connectivity index (χ4n) is 5.31. The Kier molecular flexibility index (Phi) is 11.3. The minimum absolute atomic E-state index is 0.628. The Bertz CT molecular complexity index is 925. The van der Waals surface area contributed by atoms with Gasteiger partial charge in [0.15, 0.2) is 25.0 Å². The molecule has 0 radical (unpaired) electrons. The summed E-state index contributed by atoms with van der Waals surface area (Å²) in [4.78, 5) is 12.0. The summed E-state index contributed by atoms with van der Waals surface area (Å²) in [6, 6.07) is 0. The van der Waals surface area contributed by atoms with Crippen molar-refractivity contribution in [2.45, 2.75) is 130 Å². The Morgan fingerprint density at radius 3 is 1.72 bits per heavy atom. The molecule has 0 saturated carbocycles. The summed E-state index contributed by atoms with van der Waals surface area (Å²) in [6.07, 6.45) is -30.3. The van der Waals surface area contributed by atoms with Crippen LogP contribution in [0.25, 0.3) is 0 Å². The minimum atomic E-state index is -1.85. The first-order chi connectivity index (χ1) is 20.2. The smallest absolute Gasteiger partial charge is 0.335 e. The lowest BCUT2D eigenvalue weighted by Gasteiger charge is -2.46. The van der Waals surface area contributed by atoms with Gasteiger partial charge in [0.1, 0.15) is 79.4 Å². The van der Waals surface area contributed by atoms with Gasteiger partial charge in [0.05, 0.1) is 25.4 Å². The topological polar surface area (TPSA) is 304 Å². The number of aliphatic carboxylic acids is 1. The second-order valence-corrected chi connectivity index (χ2v) is 11.0. The molecule has 4 aliphatic heterocycles. The average Bonchev–Trinajstić information content (AvgIpc) is 3.28. The minimum Gasteiger partial charge on any atom is -0.479 e. The van der Waals surface area contributed by atoms with Crippen molar-refractivity contribution >= 4 is 5.97 Å². The first-order valence-electron chi connectivity index (χ1n) is 13.7. The molecule has 0 aliphatic carbocycles. The summed E-state index contributed by atoms with van der Waals surface area (Å²) in [5, 5.41) is 112. The molecule has 0 bridgehead atoms. The molecule has 0 aromatic heterocycles. The highest BCUT2D eigenvalue weighted by Crippen LogP contribution is 2.34. The summed E-state index contributed by atoms with van der Waals surface area (Å²) in [6.45, 7) is 1.39. The van der Waals surface area contributed by atoms with Crippen LogP contribution in [0.4, 0.5) is 0 Å². The van der Waals surface area contributed by atoms with Gasteiger partial charge in [-0.1, -0.05) is 0 Å². The van der Waals surface area contributed by atoms with Gasteiger partial charge >= 0.3 is 5.97 Å². The molecule has 4 aliphatic rings. The highest BCUT2D eigenvalue weighted by atomic mass is 16.8. The van der Waals surface area contributed by atoms with E-state index in [2.05, 4.69) is 0 Å². The summed E-state index contributed by atoms with van der Waals surface area (Å²) in [7, 11) is 0. The van der Waals surface area contributed by atoms with Crippen molar-refractivity contribution in [1.82, 2.24) is 0 Å². The van der Waals surface area contributed by atoms with Crippen LogP contribution in [0.2, 0.25) is 0 Å². The molecule has 0 aromatic carbocycles. The van der Waals surface area contributed by atoms with Crippen molar-refractivity contribution < 1.29 is 94.1 Å². The maximum Gasteiger partial charge on any atom is 0.335 e. The quantitative estimate of drug-likeness (QED) is 0.112. The van der Waals surface area contributed by atoms with Gasteiger partial charge in [0.25, 0.3) is 0 Å². The Balaban J connectivity index is 1.47. The molecule has 19 nitrogen and oxygen atoms in total. The van der Waals surface area contributed by atoms with E-state index >= 15 is 0 Å². The second-order valence-electron chi connectivity index (χ2n) is 11.0. The summed E-state index contributed by atoms with van der Waals surface area (Å²) in [5.41, 5.74) is 0. The zero-order valence-corrected chi connectivity index (χ0v) is 23.1. The molecule has 0 amide bonds. The fraction of sp³-hybridized carbons (Fsp3) is 0.958. The van der Waals surface area contributed by atoms with E-state index in [1.165, 1.54) is 13.8 Å². The molecular formula is C24H40O19. The highest BCUT2D eigenvalue weighted by molar-refractivity contribution is 5.73. The number of carbonyl (C=O) groups is 1. The lowest BCUT2D eigenvalue weighted by atomic mass is 9.97. The predicted molar refractivity (Wildman–Crippen MR) is 130 cm³/mol. The van der Waals surface area contributed by atoms with Gasteiger partial charge in [-0.25, -0.2) is 4.79 Å². The molecule has 0 spiro atoms. The third-order valence-corrected chi connectivity index (χ3v) is 8.03. The van der Waals surface area contributed by atoms with Crippen molar-refractivity contribution in [1.29, 1.82) is 0 Å². The largest absolute Gasteiger partial charge is 0.479 e. The molecule has 4 fully saturated rings. The third kappa shape index (κ3) is 6.98. The molecule has 0 unspecified atom stereocenters. The van der Waals surface area contributed by atoms with E-state index in [4.69, 9.17) is 33.2 Å². The van der Waals surface area contributed by atoms with E-state index in [1.54, 1.807) is 0 Å². The van der Waals surface area contributed by atoms with Crippen LogP contribution in [0.15, 0.2) is 0 Å². The SMILES string of the molecule is C[C@@H]1O[C@@H](O[C@H]2[C@H](O[C@H]3[C@H](O)[C@@H](CO[C@H]4O[C@H](CO)[C@@H](O)[C@H](O)[C@H]4O)O[C@@H]3C(=O)O)O[C@@H](C)[C@H](O)[C@H]2O)[C@H](O)[C@H](O)[C@H]1O. The van der Waals surface area contributed by atoms with Crippen molar-refractivity contribution in [2.24, 2.45) is 0 Å². The van der Waals surface area contributed by atoms with Gasteiger partial charge < -0.3 is 89.3 Å². The molecule has 4 rings (SSSR count). The van der Waals surface area contributed by atoms with Crippen LogP contribution in [-0.4, -0.2) is 192 Å². The van der Waals surface area contributed by atoms with Crippen LogP contribution in [-0.2, 0) is 38.0 Å². The van der Waals surface area contributed by atoms with E-state index in [0.29, 0.717) is 0 Å². The van der Waals surface area contributed by atoms with Crippen LogP contribution in [0.5, 0.6) is 0 Å². The summed E-state index contributed by atoms with van der Waals surface area (Å²) < 4.78 is 38.3. The number of aliphatic hydroxyl groups is 10. The van der Waals surface area contributed by atoms with Crippen LogP contribution in [0, 0.1) is 0 Å². The number of rotatable bonds is 9. The zero-order chi connectivity index (χ0) is 31.9. The molecule has 0 aromatic rings. The van der Waals surface area contributed by atoms with Gasteiger partial charge in [-0.15, -0.1) is 0 Å². The Morgan fingerprint density at radius 2 is 1.12 bits per heavy atom. The lowest BCUT2D eigenvalue weighted by Crippen LogP contribution is -2.64. The van der Waals surface area contributed by atoms with E-state index < -0.39 is 136 Å². The standard InChI is InChI=1S/C24H40O19/c1-5-9(26)13(30)17(34)23(38-5)43-19-15(32)10(27)6(2)39-24(19)42-18-12(29)8(40-20(18)21(35)36)4-37-22-16(33)14(31)11(28)7(3-25)41-22/h5-20,22-34H,3-4H2,1-2H3,(H,35,36)/t5-,6-,7+,8+,9-,10-,11+,12+,13+,14-,15+,16+,17+,18-,19+,20-,22-,23-,24-/m0/s1. The zero-order valence-electron chi connectivity index (χ0n) is 23.1. The fourth-order valence-corrected chi connectivity index (χ4v) is 5.31. The second kappa shape index (κ2) is 14.1. The Morgan fingerprint density at radius 1 is 0.581 bits per heavy atom. The van der Waals surface area contributed by atoms with Crippen LogP contribution in [0.3, 0.4) is 0 Å². The number of aliphatic hydroxyl groups excluding tert-OH is 10. The molecule has 250 valence electrons. The van der Waals surface area contributed by atoms with Gasteiger partial charge in [-0.2, -0.15) is 0 Å². The number of hydrogen-bond donors (Lipinski definition) is 11. The number of carboxylic acids is 1. The van der Waals surface area contributed by atoms with Crippen molar-refractivity contribution in [3.8, 4) is 0 Å². The third-order valence-electron chi connectivity index (χ3n) is 8.03. The Hall–Kier alpha value is -1.21. The van der Waals surface area contributed by atoms with Gasteiger partial charge in [0.2, 0.25) is 0 Å². The van der Waals surface area contributed by atoms with Gasteiger partial charge in [-0.05, 0) is 13.8 Å². The lowest BCUT2D eigenvalue weighted by molar-refractivity contribution is -0.368. The first-order valence-corrected chi connectivity index (χ1v) is 13.7. The molecule has 4 saturated heterocycles. The molecule has 19 atom stereocenters. The molecule has 43 heavy (non-hydrogen) atoms. The van der Waals surface area contributed by atoms with E-state index in [1.807, 2.05) is 0 Å². The van der Waals surface area contributed by atoms with Crippen LogP contribution < -0.4 is 0 Å². The van der Waals surface area contributed by atoms with Gasteiger partial charge in [0, 0.05) is 0 Å². The summed E-state index contributed by atoms with van der Waals surface area (Å²) >= 11 is 0. The molecule has 11 N–H and O–H groups in total. The normalized spacial score (nSPS) is 52.7. The van der Waals surface area contributed by atoms with Crippen LogP contribution in [0.1, 0.15) is 13.8 Å². The van der Waals surface area contributed by atoms with E-state index in [0.717, 1.165) is 0 Å². The van der Waals surface area contributed by atoms with Crippen molar-refractivity contribution in [3.05, 3.63) is 0 Å². The first kappa shape index (κ1) is 34.7. The molecular weight excluding hydrogens is 592 g/mol. The average molecular weight is 633 g/mol. The number of hydrogen-bond acceptors (Lipinski definition) is 18. The van der Waals surface area contributed by atoms with E-state index in [9.17, 15) is 61.0 Å². The van der Waals surface area contributed by atoms with E-state index in [-0.39, 0.29) is 0 Å². The van der Waals surface area contributed by atoms with Crippen molar-refractivity contribution in [3.63, 3.8) is 0 Å². The number of carboxylic acid groups (broad SMARTS) is 1. The highest BCUT2D eigenvalue weighted by Gasteiger charge is 2.55. The van der Waals surface area contributed by atoms with Crippen molar-refractivity contribution in [2.75, 3.05) is 13.2 Å².